The van der Waals surface area contributed by atoms with Crippen LogP contribution >= 0.6 is 0 Å². The third-order valence-electron chi connectivity index (χ3n) is 5.47. The van der Waals surface area contributed by atoms with Crippen molar-refractivity contribution in [3.05, 3.63) is 94.2 Å². The molecule has 2 nitrogen and oxygen atoms in total. The van der Waals surface area contributed by atoms with E-state index in [0.29, 0.717) is 18.2 Å². The Morgan fingerprint density at radius 1 is 0.568 bits per heavy atom. The lowest BCUT2D eigenvalue weighted by Gasteiger charge is -2.33. The van der Waals surface area contributed by atoms with Crippen LogP contribution in [0.1, 0.15) is 30.5 Å². The van der Waals surface area contributed by atoms with Gasteiger partial charge in [-0.15, -0.1) is 0 Å². The van der Waals surface area contributed by atoms with Gasteiger partial charge in [0.05, 0.1) is 13.0 Å². The van der Waals surface area contributed by atoms with Gasteiger partial charge in [-0.1, -0.05) is 89.2 Å². The molecule has 0 radical (unpaired) electrons. The quantitative estimate of drug-likeness (QED) is 0.279. The zero-order valence-electron chi connectivity index (χ0n) is 19.3. The van der Waals surface area contributed by atoms with Gasteiger partial charge in [0.25, 0.3) is 0 Å². The molecule has 12 heteroatoms. The summed E-state index contributed by atoms with van der Waals surface area (Å²) in [5.74, 6) is 0. The van der Waals surface area contributed by atoms with Gasteiger partial charge in [-0.2, -0.15) is 44.8 Å². The van der Waals surface area contributed by atoms with Gasteiger partial charge in [0, 0.05) is 23.6 Å². The molecule has 0 aliphatic carbocycles. The highest BCUT2D eigenvalue weighted by Gasteiger charge is 2.55. The Balaban J connectivity index is 0.00000153. The van der Waals surface area contributed by atoms with E-state index in [1.807, 2.05) is 0 Å². The molecule has 194 valence electrons. The first-order valence-electron chi connectivity index (χ1n) is 10.5. The molecule has 0 saturated carbocycles. The van der Waals surface area contributed by atoms with E-state index in [0.717, 1.165) is 61.5 Å². The van der Waals surface area contributed by atoms with Gasteiger partial charge in [-0.3, -0.25) is 0 Å². The molecule has 3 rings (SSSR count). The third-order valence-corrected chi connectivity index (χ3v) is 5.47. The average Bonchev–Trinajstić information content (AvgIpc) is 2.81. The largest absolute Gasteiger partial charge is 0.480 e. The van der Waals surface area contributed by atoms with Crippen LogP contribution in [0.2, 0.25) is 0 Å². The minimum absolute atomic E-state index is 0.601. The Morgan fingerprint density at radius 3 is 1.03 bits per heavy atom. The SMILES string of the molecule is CC#N.CC#[N+][B-](c1ccccc1C(F)(F)F)(c1ccccc1C(F)(F)F)c1ccccc1C(F)(F)F. The molecule has 0 spiro atoms. The molecule has 37 heavy (non-hydrogen) atoms. The van der Waals surface area contributed by atoms with Crippen molar-refractivity contribution in [1.29, 1.82) is 5.26 Å². The number of benzene rings is 3. The summed E-state index contributed by atoms with van der Waals surface area (Å²) in [6.45, 7) is 2.53. The lowest BCUT2D eigenvalue weighted by Crippen LogP contribution is -2.69. The number of hydrogen-bond acceptors (Lipinski definition) is 1. The Kier molecular flexibility index (Phi) is 8.71. The lowest BCUT2D eigenvalue weighted by molar-refractivity contribution is -0.137. The predicted octanol–water partition coefficient (Wildman–Crippen LogP) is 6.59. The van der Waals surface area contributed by atoms with Crippen molar-refractivity contribution in [3.8, 4) is 12.1 Å². The summed E-state index contributed by atoms with van der Waals surface area (Å²) in [5.41, 5.74) is -6.71. The van der Waals surface area contributed by atoms with Crippen molar-refractivity contribution in [2.75, 3.05) is 0 Å². The maximum absolute atomic E-state index is 14.0. The molecule has 0 atom stereocenters. The molecule has 3 aromatic rings. The van der Waals surface area contributed by atoms with Crippen molar-refractivity contribution in [1.82, 2.24) is 0 Å². The molecule has 3 aromatic carbocycles. The fourth-order valence-corrected chi connectivity index (χ4v) is 4.26. The number of nitriles is 1. The van der Waals surface area contributed by atoms with E-state index >= 15 is 0 Å². The highest BCUT2D eigenvalue weighted by atomic mass is 19.4. The van der Waals surface area contributed by atoms with Gasteiger partial charge in [0.1, 0.15) is 0 Å². The fourth-order valence-electron chi connectivity index (χ4n) is 4.26. The maximum Gasteiger partial charge on any atom is 0.480 e. The van der Waals surface area contributed by atoms with Crippen LogP contribution in [0.25, 0.3) is 4.76 Å². The first-order chi connectivity index (χ1) is 17.2. The predicted molar refractivity (Wildman–Crippen MR) is 123 cm³/mol. The molecule has 0 aliphatic heterocycles. The van der Waals surface area contributed by atoms with E-state index in [2.05, 4.69) is 10.8 Å². The Hall–Kier alpha value is -3.93. The molecular weight excluding hydrogens is 510 g/mol. The van der Waals surface area contributed by atoms with Crippen LogP contribution in [0.5, 0.6) is 0 Å². The molecule has 0 aromatic heterocycles. The molecule has 0 aliphatic rings. The van der Waals surface area contributed by atoms with Crippen LogP contribution in [0.15, 0.2) is 72.8 Å². The topological polar surface area (TPSA) is 28.1 Å². The second-order valence-electron chi connectivity index (χ2n) is 7.65. The summed E-state index contributed by atoms with van der Waals surface area (Å²) in [6, 6.07) is 14.6. The highest BCUT2D eigenvalue weighted by Crippen LogP contribution is 2.35. The molecule has 0 amide bonds. The summed E-state index contributed by atoms with van der Waals surface area (Å²) < 4.78 is 130. The third kappa shape index (κ3) is 6.08. The normalized spacial score (nSPS) is 11.9. The minimum Gasteiger partial charge on any atom is -0.334 e. The first-order valence-corrected chi connectivity index (χ1v) is 10.5. The summed E-state index contributed by atoms with van der Waals surface area (Å²) in [5, 5.41) is 7.32. The van der Waals surface area contributed by atoms with Crippen LogP contribution in [-0.2, 0) is 18.5 Å². The summed E-state index contributed by atoms with van der Waals surface area (Å²) in [4.78, 5) is 0. The molecule has 0 unspecified atom stereocenters. The van der Waals surface area contributed by atoms with Gasteiger partial charge < -0.3 is 4.76 Å². The Morgan fingerprint density at radius 2 is 0.811 bits per heavy atom. The summed E-state index contributed by atoms with van der Waals surface area (Å²) in [6.07, 6.45) is -19.1. The van der Waals surface area contributed by atoms with Crippen molar-refractivity contribution in [2.24, 2.45) is 0 Å². The van der Waals surface area contributed by atoms with Gasteiger partial charge in [-0.25, -0.2) is 0 Å². The summed E-state index contributed by atoms with van der Waals surface area (Å²) >= 11 is 0. The fraction of sp³-hybridized carbons (Fsp3) is 0.200. The molecule has 0 bridgehead atoms. The van der Waals surface area contributed by atoms with Crippen molar-refractivity contribution >= 4 is 22.7 Å². The Bertz CT molecular complexity index is 1200. The van der Waals surface area contributed by atoms with Gasteiger partial charge in [0.15, 0.2) is 6.07 Å². The number of nitrogens with zero attached hydrogens (tertiary/aromatic N) is 2. The lowest BCUT2D eigenvalue weighted by atomic mass is 9.23. The first kappa shape index (κ1) is 29.3. The smallest absolute Gasteiger partial charge is 0.334 e. The molecule has 0 saturated heterocycles. The molecular formula is C25H18BF9N2. The highest BCUT2D eigenvalue weighted by molar-refractivity contribution is 7.14. The van der Waals surface area contributed by atoms with Crippen molar-refractivity contribution in [2.45, 2.75) is 32.4 Å². The molecule has 0 fully saturated rings. The standard InChI is InChI=1S/C23H15BF9N.C2H3N/c1-2-34-24(18-12-6-3-9-15(18)21(25,26)27,19-13-7-4-10-16(19)22(28,29)30)20-14-8-5-11-17(20)23(31,32)33;1-2-3/h3-14H,1H3;1H3. The maximum atomic E-state index is 14.0. The second kappa shape index (κ2) is 11.0. The second-order valence-corrected chi connectivity index (χ2v) is 7.65. The van der Waals surface area contributed by atoms with E-state index in [-0.39, 0.29) is 0 Å². The van der Waals surface area contributed by atoms with Crippen LogP contribution in [0.3, 0.4) is 0 Å². The minimum atomic E-state index is -5.09. The van der Waals surface area contributed by atoms with Gasteiger partial charge in [0.2, 0.25) is 0 Å². The van der Waals surface area contributed by atoms with Crippen molar-refractivity contribution < 1.29 is 39.5 Å². The van der Waals surface area contributed by atoms with E-state index in [4.69, 9.17) is 5.26 Å². The summed E-state index contributed by atoms with van der Waals surface area (Å²) in [7, 11) is 0. The number of hydrogen-bond donors (Lipinski definition) is 0. The van der Waals surface area contributed by atoms with Crippen LogP contribution in [0.4, 0.5) is 39.5 Å². The molecule has 0 heterocycles. The Labute approximate surface area is 206 Å². The zero-order chi connectivity index (χ0) is 28.1. The van der Waals surface area contributed by atoms with Gasteiger partial charge in [-0.05, 0) is 0 Å². The monoisotopic (exact) mass is 528 g/mol. The number of alkyl halides is 9. The average molecular weight is 528 g/mol. The zero-order valence-corrected chi connectivity index (χ0v) is 19.3. The van der Waals surface area contributed by atoms with Crippen LogP contribution in [0, 0.1) is 17.4 Å². The van der Waals surface area contributed by atoms with Crippen LogP contribution < -0.4 is 16.4 Å². The number of halogens is 9. The van der Waals surface area contributed by atoms with Gasteiger partial charge >= 0.3 is 24.8 Å². The van der Waals surface area contributed by atoms with E-state index in [1.54, 1.807) is 6.07 Å². The molecule has 0 N–H and O–H groups in total. The van der Waals surface area contributed by atoms with E-state index in [9.17, 15) is 39.5 Å². The van der Waals surface area contributed by atoms with Crippen LogP contribution in [-0.4, -0.2) is 6.28 Å². The van der Waals surface area contributed by atoms with E-state index in [1.165, 1.54) is 6.92 Å². The van der Waals surface area contributed by atoms with Crippen molar-refractivity contribution in [3.63, 3.8) is 0 Å². The van der Waals surface area contributed by atoms with E-state index < -0.39 is 57.9 Å². The number of rotatable bonds is 3.